The van der Waals surface area contributed by atoms with Gasteiger partial charge in [0.05, 0.1) is 5.69 Å². The summed E-state index contributed by atoms with van der Waals surface area (Å²) in [4.78, 5) is 42.3. The van der Waals surface area contributed by atoms with Crippen LogP contribution in [0.15, 0.2) is 53.3 Å². The molecule has 2 aromatic carbocycles. The second-order valence-electron chi connectivity index (χ2n) is 12.4. The van der Waals surface area contributed by atoms with Gasteiger partial charge in [-0.05, 0) is 87.5 Å². The van der Waals surface area contributed by atoms with Gasteiger partial charge in [0.2, 0.25) is 5.95 Å². The zero-order chi connectivity index (χ0) is 31.1. The first-order valence-corrected chi connectivity index (χ1v) is 15.3. The summed E-state index contributed by atoms with van der Waals surface area (Å²) in [7, 11) is 3.38. The van der Waals surface area contributed by atoms with Crippen LogP contribution in [-0.2, 0) is 0 Å². The highest BCUT2D eigenvalue weighted by Crippen LogP contribution is 2.34. The number of carbonyl (C=O) groups is 1. The van der Waals surface area contributed by atoms with Crippen LogP contribution >= 0.6 is 0 Å². The highest BCUT2D eigenvalue weighted by molar-refractivity contribution is 5.98. The maximum atomic E-state index is 15.1. The molecule has 2 fully saturated rings. The van der Waals surface area contributed by atoms with E-state index in [0.717, 1.165) is 54.1 Å². The highest BCUT2D eigenvalue weighted by atomic mass is 19.1. The van der Waals surface area contributed by atoms with Crippen molar-refractivity contribution in [2.75, 3.05) is 45.2 Å². The predicted octanol–water partition coefficient (Wildman–Crippen LogP) is 5.44. The van der Waals surface area contributed by atoms with Gasteiger partial charge in [0, 0.05) is 55.8 Å². The molecular weight excluding hydrogens is 562 g/mol. The number of rotatable bonds is 5. The van der Waals surface area contributed by atoms with Crippen LogP contribution in [0.5, 0.6) is 0 Å². The molecule has 6 rings (SSSR count). The van der Waals surface area contributed by atoms with Crippen LogP contribution in [0, 0.1) is 24.5 Å². The second-order valence-corrected chi connectivity index (χ2v) is 12.4. The van der Waals surface area contributed by atoms with Crippen molar-refractivity contribution in [3.05, 3.63) is 81.6 Å². The summed E-state index contributed by atoms with van der Waals surface area (Å²) in [6.45, 7) is 7.89. The molecule has 0 bridgehead atoms. The van der Waals surface area contributed by atoms with Crippen molar-refractivity contribution in [2.45, 2.75) is 45.6 Å². The van der Waals surface area contributed by atoms with Crippen LogP contribution in [0.4, 0.5) is 14.7 Å². The van der Waals surface area contributed by atoms with E-state index in [2.05, 4.69) is 16.7 Å². The summed E-state index contributed by atoms with van der Waals surface area (Å²) < 4.78 is 31.3. The van der Waals surface area contributed by atoms with Crippen LogP contribution in [-0.4, -0.2) is 76.6 Å². The molecular formula is C34H38F2N6O2. The first-order chi connectivity index (χ1) is 21.1. The second kappa shape index (κ2) is 12.1. The number of halogens is 2. The molecule has 0 aliphatic carbocycles. The van der Waals surface area contributed by atoms with Crippen molar-refractivity contribution in [3.63, 3.8) is 0 Å². The number of aromatic nitrogens is 3. The zero-order valence-electron chi connectivity index (χ0n) is 25.7. The van der Waals surface area contributed by atoms with Gasteiger partial charge in [-0.3, -0.25) is 14.2 Å². The molecule has 0 radical (unpaired) electrons. The molecule has 44 heavy (non-hydrogen) atoms. The normalized spacial score (nSPS) is 16.9. The number of pyridine rings is 1. The topological polar surface area (TPSA) is 74.6 Å². The average molecular weight is 601 g/mol. The number of piperidine rings is 2. The van der Waals surface area contributed by atoms with E-state index in [1.165, 1.54) is 29.9 Å². The minimum Gasteiger partial charge on any atom is -0.345 e. The first kappa shape index (κ1) is 29.9. The van der Waals surface area contributed by atoms with E-state index < -0.39 is 22.9 Å². The molecule has 0 saturated carbocycles. The van der Waals surface area contributed by atoms with Gasteiger partial charge < -0.3 is 14.7 Å². The van der Waals surface area contributed by atoms with Crippen molar-refractivity contribution >= 4 is 22.9 Å². The third-order valence-corrected chi connectivity index (χ3v) is 9.13. The lowest BCUT2D eigenvalue weighted by atomic mass is 9.95. The van der Waals surface area contributed by atoms with Crippen LogP contribution in [0.1, 0.15) is 48.5 Å². The Balaban J connectivity index is 1.50. The summed E-state index contributed by atoms with van der Waals surface area (Å²) in [5, 5.41) is 0.450. The number of hydrogen-bond donors (Lipinski definition) is 0. The molecule has 8 nitrogen and oxygen atoms in total. The molecule has 10 heteroatoms. The van der Waals surface area contributed by atoms with Crippen molar-refractivity contribution < 1.29 is 13.6 Å². The fourth-order valence-electron chi connectivity index (χ4n) is 6.46. The molecule has 1 amide bonds. The van der Waals surface area contributed by atoms with Gasteiger partial charge in [-0.15, -0.1) is 0 Å². The number of likely N-dealkylation sites (tertiary alicyclic amines) is 1. The van der Waals surface area contributed by atoms with Crippen LogP contribution in [0.2, 0.25) is 0 Å². The molecule has 2 aliphatic rings. The molecule has 0 unspecified atom stereocenters. The Bertz CT molecular complexity index is 1750. The first-order valence-electron chi connectivity index (χ1n) is 15.3. The van der Waals surface area contributed by atoms with Crippen LogP contribution < -0.4 is 10.5 Å². The highest BCUT2D eigenvalue weighted by Gasteiger charge is 2.29. The van der Waals surface area contributed by atoms with E-state index in [4.69, 9.17) is 9.97 Å². The quantitative estimate of drug-likeness (QED) is 0.304. The van der Waals surface area contributed by atoms with Gasteiger partial charge in [0.15, 0.2) is 5.65 Å². The van der Waals surface area contributed by atoms with E-state index in [9.17, 15) is 9.59 Å². The number of amides is 1. The van der Waals surface area contributed by atoms with Gasteiger partial charge in [0.1, 0.15) is 17.3 Å². The maximum absolute atomic E-state index is 15.1. The molecule has 0 N–H and O–H groups in total. The maximum Gasteiger partial charge on any atom is 0.256 e. The number of benzene rings is 2. The molecule has 4 aromatic rings. The third-order valence-electron chi connectivity index (χ3n) is 9.13. The van der Waals surface area contributed by atoms with Gasteiger partial charge in [0.25, 0.3) is 11.5 Å². The largest absolute Gasteiger partial charge is 0.345 e. The number of anilines is 1. The SMILES string of the molecule is Cc1ccc(C(=O)N(C)C)cc1-c1nc(N2CCC(N3CCC(C)CC3)CC2)nc2c1ccc(=O)n2-c1c(F)cccc1F. The fourth-order valence-corrected chi connectivity index (χ4v) is 6.46. The molecule has 2 aliphatic heterocycles. The van der Waals surface area contributed by atoms with Crippen molar-refractivity contribution in [2.24, 2.45) is 5.92 Å². The Hall–Kier alpha value is -4.18. The number of carbonyl (C=O) groups excluding carboxylic acids is 1. The minimum absolute atomic E-state index is 0.109. The van der Waals surface area contributed by atoms with Crippen LogP contribution in [0.25, 0.3) is 28.0 Å². The van der Waals surface area contributed by atoms with Crippen LogP contribution in [0.3, 0.4) is 0 Å². The lowest BCUT2D eigenvalue weighted by Gasteiger charge is -2.41. The Morgan fingerprint density at radius 3 is 2.25 bits per heavy atom. The van der Waals surface area contributed by atoms with Crippen molar-refractivity contribution in [1.29, 1.82) is 0 Å². The monoisotopic (exact) mass is 600 g/mol. The number of aryl methyl sites for hydroxylation is 1. The lowest BCUT2D eigenvalue weighted by molar-refractivity contribution is 0.0827. The average Bonchev–Trinajstić information content (AvgIpc) is 3.02. The Kier molecular flexibility index (Phi) is 8.20. The van der Waals surface area contributed by atoms with Gasteiger partial charge in [-0.25, -0.2) is 13.8 Å². The van der Waals surface area contributed by atoms with E-state index in [0.29, 0.717) is 47.3 Å². The Morgan fingerprint density at radius 2 is 1.59 bits per heavy atom. The lowest BCUT2D eigenvalue weighted by Crippen LogP contribution is -2.48. The Morgan fingerprint density at radius 1 is 0.909 bits per heavy atom. The molecule has 4 heterocycles. The molecule has 2 aromatic heterocycles. The number of hydrogen-bond acceptors (Lipinski definition) is 6. The zero-order valence-corrected chi connectivity index (χ0v) is 25.7. The standard InChI is InChI=1S/C34H38F2N6O2/c1-21-12-16-40(17-13-21)24-14-18-41(19-15-24)34-37-30(26-20-23(9-8-22(26)2)33(44)39(3)4)25-10-11-29(43)42(32(25)38-34)31-27(35)6-5-7-28(31)36/h5-11,20-21,24H,12-19H2,1-4H3. The summed E-state index contributed by atoms with van der Waals surface area (Å²) >= 11 is 0. The van der Waals surface area contributed by atoms with E-state index in [1.807, 2.05) is 13.0 Å². The number of nitrogens with zero attached hydrogens (tertiary/aromatic N) is 6. The summed E-state index contributed by atoms with van der Waals surface area (Å²) in [6, 6.07) is 12.3. The van der Waals surface area contributed by atoms with E-state index in [1.54, 1.807) is 32.3 Å². The summed E-state index contributed by atoms with van der Waals surface area (Å²) in [5.74, 6) is -0.745. The van der Waals surface area contributed by atoms with Gasteiger partial charge in [-0.1, -0.05) is 19.1 Å². The summed E-state index contributed by atoms with van der Waals surface area (Å²) in [6.07, 6.45) is 4.33. The fraction of sp³-hybridized carbons (Fsp3) is 0.412. The molecule has 2 saturated heterocycles. The van der Waals surface area contributed by atoms with E-state index in [-0.39, 0.29) is 11.6 Å². The predicted molar refractivity (Wildman–Crippen MR) is 168 cm³/mol. The van der Waals surface area contributed by atoms with Crippen molar-refractivity contribution in [1.82, 2.24) is 24.3 Å². The Labute approximate surface area is 255 Å². The molecule has 0 atom stereocenters. The van der Waals surface area contributed by atoms with Crippen molar-refractivity contribution in [3.8, 4) is 16.9 Å². The van der Waals surface area contributed by atoms with E-state index >= 15 is 8.78 Å². The number of fused-ring (bicyclic) bond motifs is 1. The van der Waals surface area contributed by atoms with Gasteiger partial charge >= 0.3 is 0 Å². The summed E-state index contributed by atoms with van der Waals surface area (Å²) in [5.41, 5.74) is 1.54. The molecule has 0 spiro atoms. The van der Waals surface area contributed by atoms with Gasteiger partial charge in [-0.2, -0.15) is 4.98 Å². The third kappa shape index (κ3) is 5.58. The minimum atomic E-state index is -0.868. The molecule has 230 valence electrons. The smallest absolute Gasteiger partial charge is 0.256 e. The number of para-hydroxylation sites is 1.